The lowest BCUT2D eigenvalue weighted by atomic mass is 10.1. The number of rotatable bonds is 3. The highest BCUT2D eigenvalue weighted by molar-refractivity contribution is 5.98. The summed E-state index contributed by atoms with van der Waals surface area (Å²) < 4.78 is 0. The minimum atomic E-state index is 0.170. The van der Waals surface area contributed by atoms with Crippen molar-refractivity contribution < 1.29 is 4.79 Å². The largest absolute Gasteiger partial charge is 0.368 e. The van der Waals surface area contributed by atoms with Crippen molar-refractivity contribution in [3.63, 3.8) is 0 Å². The van der Waals surface area contributed by atoms with Crippen molar-refractivity contribution in [1.29, 1.82) is 0 Å². The van der Waals surface area contributed by atoms with Gasteiger partial charge in [-0.15, -0.1) is 0 Å². The number of anilines is 2. The first kappa shape index (κ1) is 12.9. The second-order valence-electron chi connectivity index (χ2n) is 4.66. The molecule has 0 radical (unpaired) electrons. The SMILES string of the molecule is CCc1ccc2c(c1)N(C)C(=O)CCN2CCN. The summed E-state index contributed by atoms with van der Waals surface area (Å²) in [4.78, 5) is 16.0. The molecule has 1 aliphatic rings. The van der Waals surface area contributed by atoms with E-state index in [1.165, 1.54) is 5.56 Å². The fourth-order valence-corrected chi connectivity index (χ4v) is 2.37. The molecule has 18 heavy (non-hydrogen) atoms. The van der Waals surface area contributed by atoms with Gasteiger partial charge >= 0.3 is 0 Å². The molecule has 2 N–H and O–H groups in total. The van der Waals surface area contributed by atoms with Crippen LogP contribution in [0.3, 0.4) is 0 Å². The highest BCUT2D eigenvalue weighted by Crippen LogP contribution is 2.32. The van der Waals surface area contributed by atoms with E-state index in [9.17, 15) is 4.79 Å². The van der Waals surface area contributed by atoms with E-state index in [2.05, 4.69) is 30.0 Å². The molecule has 0 atom stereocenters. The van der Waals surface area contributed by atoms with E-state index >= 15 is 0 Å². The van der Waals surface area contributed by atoms with Gasteiger partial charge in [0, 0.05) is 33.1 Å². The van der Waals surface area contributed by atoms with Gasteiger partial charge in [-0.1, -0.05) is 13.0 Å². The zero-order chi connectivity index (χ0) is 13.1. The number of carbonyl (C=O) groups excluding carboxylic acids is 1. The zero-order valence-electron chi connectivity index (χ0n) is 11.1. The quantitative estimate of drug-likeness (QED) is 0.878. The van der Waals surface area contributed by atoms with Crippen LogP contribution in [0.1, 0.15) is 18.9 Å². The molecule has 0 unspecified atom stereocenters. The molecule has 4 heteroatoms. The van der Waals surface area contributed by atoms with Gasteiger partial charge in [-0.3, -0.25) is 4.79 Å². The Balaban J connectivity index is 2.46. The molecule has 0 aromatic heterocycles. The van der Waals surface area contributed by atoms with Crippen molar-refractivity contribution in [1.82, 2.24) is 0 Å². The first-order valence-electron chi connectivity index (χ1n) is 6.52. The molecule has 0 fully saturated rings. The van der Waals surface area contributed by atoms with Gasteiger partial charge in [-0.05, 0) is 24.1 Å². The summed E-state index contributed by atoms with van der Waals surface area (Å²) >= 11 is 0. The van der Waals surface area contributed by atoms with E-state index in [1.54, 1.807) is 4.90 Å². The number of hydrogen-bond donors (Lipinski definition) is 1. The molecule has 98 valence electrons. The molecular weight excluding hydrogens is 226 g/mol. The summed E-state index contributed by atoms with van der Waals surface area (Å²) in [6.07, 6.45) is 1.53. The molecule has 0 saturated heterocycles. The van der Waals surface area contributed by atoms with Crippen LogP contribution in [0.4, 0.5) is 11.4 Å². The number of nitrogens with zero attached hydrogens (tertiary/aromatic N) is 2. The monoisotopic (exact) mass is 247 g/mol. The maximum absolute atomic E-state index is 12.0. The molecule has 1 aromatic rings. The number of aryl methyl sites for hydroxylation is 1. The number of amides is 1. The van der Waals surface area contributed by atoms with Crippen molar-refractivity contribution >= 4 is 17.3 Å². The zero-order valence-corrected chi connectivity index (χ0v) is 11.1. The van der Waals surface area contributed by atoms with E-state index in [-0.39, 0.29) is 5.91 Å². The molecule has 1 heterocycles. The Morgan fingerprint density at radius 1 is 1.33 bits per heavy atom. The summed E-state index contributed by atoms with van der Waals surface area (Å²) in [5.74, 6) is 0.170. The highest BCUT2D eigenvalue weighted by Gasteiger charge is 2.23. The van der Waals surface area contributed by atoms with Crippen molar-refractivity contribution in [2.45, 2.75) is 19.8 Å². The normalized spacial score (nSPS) is 15.6. The summed E-state index contributed by atoms with van der Waals surface area (Å²) in [5, 5.41) is 0. The van der Waals surface area contributed by atoms with Crippen molar-refractivity contribution in [2.75, 3.05) is 36.5 Å². The van der Waals surface area contributed by atoms with Crippen LogP contribution in [0.5, 0.6) is 0 Å². The molecule has 0 bridgehead atoms. The Hall–Kier alpha value is -1.55. The number of carbonyl (C=O) groups is 1. The first-order valence-corrected chi connectivity index (χ1v) is 6.52. The lowest BCUT2D eigenvalue weighted by Gasteiger charge is -2.25. The van der Waals surface area contributed by atoms with Crippen molar-refractivity contribution in [3.05, 3.63) is 23.8 Å². The van der Waals surface area contributed by atoms with Gasteiger partial charge in [-0.25, -0.2) is 0 Å². The van der Waals surface area contributed by atoms with Crippen LogP contribution in [0.15, 0.2) is 18.2 Å². The molecule has 4 nitrogen and oxygen atoms in total. The van der Waals surface area contributed by atoms with Gasteiger partial charge in [0.2, 0.25) is 5.91 Å². The van der Waals surface area contributed by atoms with Crippen LogP contribution in [0.2, 0.25) is 0 Å². The number of benzene rings is 1. The average molecular weight is 247 g/mol. The molecule has 2 rings (SSSR count). The van der Waals surface area contributed by atoms with Crippen LogP contribution in [-0.4, -0.2) is 32.6 Å². The summed E-state index contributed by atoms with van der Waals surface area (Å²) in [7, 11) is 1.85. The number of hydrogen-bond acceptors (Lipinski definition) is 3. The summed E-state index contributed by atoms with van der Waals surface area (Å²) in [6, 6.07) is 6.35. The maximum atomic E-state index is 12.0. The van der Waals surface area contributed by atoms with Gasteiger partial charge in [0.1, 0.15) is 0 Å². The fraction of sp³-hybridized carbons (Fsp3) is 0.500. The van der Waals surface area contributed by atoms with Gasteiger partial charge < -0.3 is 15.5 Å². The topological polar surface area (TPSA) is 49.6 Å². The smallest absolute Gasteiger partial charge is 0.228 e. The minimum absolute atomic E-state index is 0.170. The standard InChI is InChI=1S/C14H21N3O/c1-3-11-4-5-12-13(10-11)16(2)14(18)6-8-17(12)9-7-15/h4-5,10H,3,6-9,15H2,1-2H3. The Bertz CT molecular complexity index is 445. The van der Waals surface area contributed by atoms with Crippen LogP contribution in [0.25, 0.3) is 0 Å². The maximum Gasteiger partial charge on any atom is 0.228 e. The molecule has 0 saturated carbocycles. The molecule has 0 spiro atoms. The van der Waals surface area contributed by atoms with E-state index < -0.39 is 0 Å². The second kappa shape index (κ2) is 5.40. The summed E-state index contributed by atoms with van der Waals surface area (Å²) in [6.45, 7) is 4.27. The van der Waals surface area contributed by atoms with Crippen LogP contribution < -0.4 is 15.5 Å². The van der Waals surface area contributed by atoms with Crippen LogP contribution in [-0.2, 0) is 11.2 Å². The van der Waals surface area contributed by atoms with Gasteiger partial charge in [-0.2, -0.15) is 0 Å². The second-order valence-corrected chi connectivity index (χ2v) is 4.66. The lowest BCUT2D eigenvalue weighted by molar-refractivity contribution is -0.118. The number of nitrogens with two attached hydrogens (primary N) is 1. The minimum Gasteiger partial charge on any atom is -0.368 e. The Morgan fingerprint density at radius 3 is 2.78 bits per heavy atom. The van der Waals surface area contributed by atoms with Gasteiger partial charge in [0.25, 0.3) is 0 Å². The van der Waals surface area contributed by atoms with E-state index in [1.807, 2.05) is 7.05 Å². The molecule has 0 aliphatic carbocycles. The predicted molar refractivity (Wildman–Crippen MR) is 75.1 cm³/mol. The molecule has 1 aromatic carbocycles. The molecular formula is C14H21N3O. The van der Waals surface area contributed by atoms with E-state index in [4.69, 9.17) is 5.73 Å². The van der Waals surface area contributed by atoms with E-state index in [0.29, 0.717) is 13.0 Å². The van der Waals surface area contributed by atoms with Gasteiger partial charge in [0.05, 0.1) is 11.4 Å². The fourth-order valence-electron chi connectivity index (χ4n) is 2.37. The predicted octanol–water partition coefficient (Wildman–Crippen LogP) is 1.38. The molecule has 1 amide bonds. The Kier molecular flexibility index (Phi) is 3.87. The third-order valence-corrected chi connectivity index (χ3v) is 3.52. The third kappa shape index (κ3) is 2.34. The van der Waals surface area contributed by atoms with Crippen LogP contribution in [0, 0.1) is 0 Å². The average Bonchev–Trinajstić information content (AvgIpc) is 2.51. The van der Waals surface area contributed by atoms with Gasteiger partial charge in [0.15, 0.2) is 0 Å². The third-order valence-electron chi connectivity index (χ3n) is 3.52. The first-order chi connectivity index (χ1) is 8.67. The van der Waals surface area contributed by atoms with Crippen molar-refractivity contribution in [3.8, 4) is 0 Å². The highest BCUT2D eigenvalue weighted by atomic mass is 16.2. The van der Waals surface area contributed by atoms with E-state index in [0.717, 1.165) is 30.9 Å². The lowest BCUT2D eigenvalue weighted by Crippen LogP contribution is -2.30. The Labute approximate surface area is 108 Å². The molecule has 1 aliphatic heterocycles. The van der Waals surface area contributed by atoms with Crippen molar-refractivity contribution in [2.24, 2.45) is 5.73 Å². The number of fused-ring (bicyclic) bond motifs is 1. The Morgan fingerprint density at radius 2 is 2.11 bits per heavy atom. The summed E-state index contributed by atoms with van der Waals surface area (Å²) in [5.41, 5.74) is 9.03. The van der Waals surface area contributed by atoms with Crippen LogP contribution >= 0.6 is 0 Å².